The Bertz CT molecular complexity index is 1020. The topological polar surface area (TPSA) is 62.7 Å². The number of benzene rings is 1. The second-order valence-electron chi connectivity index (χ2n) is 7.12. The molecule has 0 saturated carbocycles. The smallest absolute Gasteiger partial charge is 0.247 e. The van der Waals surface area contributed by atoms with Gasteiger partial charge in [-0.3, -0.25) is 9.80 Å². The van der Waals surface area contributed by atoms with Crippen LogP contribution in [0.4, 0.5) is 0 Å². The summed E-state index contributed by atoms with van der Waals surface area (Å²) in [6.45, 7) is 5.56. The fourth-order valence-corrected chi connectivity index (χ4v) is 3.60. The number of aromatic nitrogens is 4. The Morgan fingerprint density at radius 3 is 2.36 bits per heavy atom. The van der Waals surface area contributed by atoms with E-state index in [1.807, 2.05) is 54.7 Å². The highest BCUT2D eigenvalue weighted by Gasteiger charge is 2.20. The van der Waals surface area contributed by atoms with Crippen LogP contribution < -0.4 is 0 Å². The molecule has 0 aliphatic carbocycles. The molecule has 1 aliphatic heterocycles. The molecule has 1 saturated heterocycles. The van der Waals surface area contributed by atoms with E-state index >= 15 is 0 Å². The molecule has 0 radical (unpaired) electrons. The quantitative estimate of drug-likeness (QED) is 0.535. The Kier molecular flexibility index (Phi) is 4.60. The number of rotatable bonds is 5. The molecule has 1 aromatic carbocycles. The second-order valence-corrected chi connectivity index (χ2v) is 7.12. The van der Waals surface area contributed by atoms with Gasteiger partial charge in [0, 0.05) is 50.7 Å². The minimum absolute atomic E-state index is 0.584. The van der Waals surface area contributed by atoms with Crippen molar-refractivity contribution in [2.24, 2.45) is 0 Å². The number of piperazine rings is 1. The largest absolute Gasteiger partial charge is 0.419 e. The number of hydrogen-bond donors (Lipinski definition) is 0. The van der Waals surface area contributed by atoms with Gasteiger partial charge in [0.15, 0.2) is 0 Å². The van der Waals surface area contributed by atoms with Crippen LogP contribution in [0, 0.1) is 0 Å². The third-order valence-corrected chi connectivity index (χ3v) is 5.11. The van der Waals surface area contributed by atoms with Gasteiger partial charge in [-0.05, 0) is 24.3 Å². The highest BCUT2D eigenvalue weighted by molar-refractivity contribution is 5.51. The molecular formula is C21H22N6O. The van der Waals surface area contributed by atoms with E-state index in [9.17, 15) is 0 Å². The first-order valence-electron chi connectivity index (χ1n) is 9.59. The van der Waals surface area contributed by atoms with E-state index in [0.717, 1.165) is 49.6 Å². The first-order valence-corrected chi connectivity index (χ1v) is 9.59. The van der Waals surface area contributed by atoms with Crippen molar-refractivity contribution in [3.05, 3.63) is 72.5 Å². The lowest BCUT2D eigenvalue weighted by atomic mass is 10.2. The standard InChI is InChI=1S/C21H22N6O/c1-2-6-17(7-3-1)21-24-23-20(28-21)16-26-12-10-25(11-13-26)14-18-15-27-9-5-4-8-19(27)22-18/h1-9,15H,10-14,16H2. The molecule has 4 aromatic rings. The zero-order valence-corrected chi connectivity index (χ0v) is 15.6. The molecule has 7 nitrogen and oxygen atoms in total. The molecule has 0 bridgehead atoms. The summed E-state index contributed by atoms with van der Waals surface area (Å²) in [4.78, 5) is 9.51. The molecule has 1 fully saturated rings. The van der Waals surface area contributed by atoms with Crippen LogP contribution in [0.25, 0.3) is 17.1 Å². The van der Waals surface area contributed by atoms with Crippen molar-refractivity contribution >= 4 is 5.65 Å². The second kappa shape index (κ2) is 7.53. The third kappa shape index (κ3) is 3.67. The number of nitrogens with zero attached hydrogens (tertiary/aromatic N) is 6. The van der Waals surface area contributed by atoms with Crippen molar-refractivity contribution in [1.82, 2.24) is 29.4 Å². The average Bonchev–Trinajstić information content (AvgIpc) is 3.36. The number of pyridine rings is 1. The van der Waals surface area contributed by atoms with Crippen molar-refractivity contribution in [3.63, 3.8) is 0 Å². The molecule has 0 unspecified atom stereocenters. The summed E-state index contributed by atoms with van der Waals surface area (Å²) in [6.07, 6.45) is 4.16. The van der Waals surface area contributed by atoms with E-state index in [-0.39, 0.29) is 0 Å². The van der Waals surface area contributed by atoms with E-state index < -0.39 is 0 Å². The van der Waals surface area contributed by atoms with Crippen molar-refractivity contribution in [2.75, 3.05) is 26.2 Å². The normalized spacial score (nSPS) is 16.0. The van der Waals surface area contributed by atoms with Crippen LogP contribution in [0.5, 0.6) is 0 Å². The molecule has 5 rings (SSSR count). The van der Waals surface area contributed by atoms with E-state index in [0.29, 0.717) is 18.3 Å². The summed E-state index contributed by atoms with van der Waals surface area (Å²) in [7, 11) is 0. The van der Waals surface area contributed by atoms with Crippen LogP contribution in [-0.2, 0) is 13.1 Å². The molecule has 142 valence electrons. The maximum atomic E-state index is 5.84. The van der Waals surface area contributed by atoms with Crippen LogP contribution in [0.1, 0.15) is 11.6 Å². The molecular weight excluding hydrogens is 352 g/mol. The lowest BCUT2D eigenvalue weighted by Gasteiger charge is -2.33. The first-order chi connectivity index (χ1) is 13.8. The Labute approximate surface area is 163 Å². The molecule has 0 amide bonds. The van der Waals surface area contributed by atoms with Gasteiger partial charge in [0.2, 0.25) is 11.8 Å². The Morgan fingerprint density at radius 2 is 1.57 bits per heavy atom. The van der Waals surface area contributed by atoms with Crippen LogP contribution in [-0.4, -0.2) is 55.6 Å². The van der Waals surface area contributed by atoms with Crippen LogP contribution in [0.2, 0.25) is 0 Å². The molecule has 0 spiro atoms. The van der Waals surface area contributed by atoms with Crippen LogP contribution >= 0.6 is 0 Å². The lowest BCUT2D eigenvalue weighted by Crippen LogP contribution is -2.45. The minimum atomic E-state index is 0.584. The molecule has 28 heavy (non-hydrogen) atoms. The number of fused-ring (bicyclic) bond motifs is 1. The molecule has 0 N–H and O–H groups in total. The fourth-order valence-electron chi connectivity index (χ4n) is 3.60. The van der Waals surface area contributed by atoms with E-state index in [1.54, 1.807) is 0 Å². The maximum Gasteiger partial charge on any atom is 0.247 e. The van der Waals surface area contributed by atoms with Gasteiger partial charge < -0.3 is 8.82 Å². The SMILES string of the molecule is c1ccc(-c2nnc(CN3CCN(Cc4cn5ccccc5n4)CC3)o2)cc1. The monoisotopic (exact) mass is 374 g/mol. The zero-order chi connectivity index (χ0) is 18.8. The van der Waals surface area contributed by atoms with E-state index in [2.05, 4.69) is 30.6 Å². The van der Waals surface area contributed by atoms with Gasteiger partial charge in [0.1, 0.15) is 5.65 Å². The van der Waals surface area contributed by atoms with Gasteiger partial charge in [-0.1, -0.05) is 24.3 Å². The molecule has 3 aromatic heterocycles. The van der Waals surface area contributed by atoms with E-state index in [1.165, 1.54) is 0 Å². The Balaban J connectivity index is 1.16. The number of hydrogen-bond acceptors (Lipinski definition) is 6. The Morgan fingerprint density at radius 1 is 0.821 bits per heavy atom. The third-order valence-electron chi connectivity index (χ3n) is 5.11. The maximum absolute atomic E-state index is 5.84. The average molecular weight is 374 g/mol. The summed E-state index contributed by atoms with van der Waals surface area (Å²) in [5.74, 6) is 1.26. The van der Waals surface area contributed by atoms with Crippen molar-refractivity contribution < 1.29 is 4.42 Å². The predicted octanol–water partition coefficient (Wildman–Crippen LogP) is 2.70. The zero-order valence-electron chi connectivity index (χ0n) is 15.6. The molecule has 4 heterocycles. The van der Waals surface area contributed by atoms with Crippen molar-refractivity contribution in [1.29, 1.82) is 0 Å². The first kappa shape index (κ1) is 17.1. The highest BCUT2D eigenvalue weighted by Crippen LogP contribution is 2.18. The van der Waals surface area contributed by atoms with Gasteiger partial charge in [0.05, 0.1) is 12.2 Å². The van der Waals surface area contributed by atoms with Crippen molar-refractivity contribution in [3.8, 4) is 11.5 Å². The summed E-state index contributed by atoms with van der Waals surface area (Å²) in [6, 6.07) is 16.0. The predicted molar refractivity (Wildman–Crippen MR) is 105 cm³/mol. The molecule has 7 heteroatoms. The lowest BCUT2D eigenvalue weighted by molar-refractivity contribution is 0.114. The summed E-state index contributed by atoms with van der Waals surface area (Å²) in [5.41, 5.74) is 3.07. The van der Waals surface area contributed by atoms with Gasteiger partial charge >= 0.3 is 0 Å². The minimum Gasteiger partial charge on any atom is -0.419 e. The van der Waals surface area contributed by atoms with Crippen molar-refractivity contribution in [2.45, 2.75) is 13.1 Å². The summed E-state index contributed by atoms with van der Waals surface area (Å²) >= 11 is 0. The van der Waals surface area contributed by atoms with Gasteiger partial charge in [-0.2, -0.15) is 0 Å². The fraction of sp³-hybridized carbons (Fsp3) is 0.286. The van der Waals surface area contributed by atoms with Gasteiger partial charge in [-0.25, -0.2) is 4.98 Å². The van der Waals surface area contributed by atoms with Gasteiger partial charge in [-0.15, -0.1) is 10.2 Å². The van der Waals surface area contributed by atoms with Crippen LogP contribution in [0.15, 0.2) is 65.3 Å². The molecule has 1 aliphatic rings. The Hall–Kier alpha value is -3.03. The van der Waals surface area contributed by atoms with Crippen LogP contribution in [0.3, 0.4) is 0 Å². The summed E-state index contributed by atoms with van der Waals surface area (Å²) < 4.78 is 7.91. The van der Waals surface area contributed by atoms with Gasteiger partial charge in [0.25, 0.3) is 0 Å². The summed E-state index contributed by atoms with van der Waals surface area (Å²) in [5, 5.41) is 8.39. The molecule has 0 atom stereocenters. The van der Waals surface area contributed by atoms with E-state index in [4.69, 9.17) is 9.40 Å². The number of imidazole rings is 1. The highest BCUT2D eigenvalue weighted by atomic mass is 16.4.